The highest BCUT2D eigenvalue weighted by Crippen LogP contribution is 2.36. The lowest BCUT2D eigenvalue weighted by Crippen LogP contribution is -2.32. The number of thioether (sulfide) groups is 1. The molecule has 0 bridgehead atoms. The summed E-state index contributed by atoms with van der Waals surface area (Å²) in [5.74, 6) is -3.21. The van der Waals surface area contributed by atoms with Crippen LogP contribution >= 0.6 is 11.8 Å². The number of aromatic carboxylic acids is 2. The highest BCUT2D eigenvalue weighted by Gasteiger charge is 2.41. The van der Waals surface area contributed by atoms with Crippen LogP contribution in [0.1, 0.15) is 32.7 Å². The molecule has 1 aliphatic rings. The van der Waals surface area contributed by atoms with Crippen molar-refractivity contribution >= 4 is 41.2 Å². The Morgan fingerprint density at radius 1 is 1.07 bits per heavy atom. The van der Waals surface area contributed by atoms with Gasteiger partial charge in [0.05, 0.1) is 22.1 Å². The zero-order valence-electron chi connectivity index (χ0n) is 14.2. The Hall–Kier alpha value is -3.13. The van der Waals surface area contributed by atoms with Gasteiger partial charge in [-0.25, -0.2) is 14.5 Å². The number of imide groups is 1. The van der Waals surface area contributed by atoms with Crippen LogP contribution in [0.4, 0.5) is 5.69 Å². The lowest BCUT2D eigenvalue weighted by atomic mass is 10.1. The van der Waals surface area contributed by atoms with E-state index < -0.39 is 29.0 Å². The van der Waals surface area contributed by atoms with E-state index >= 15 is 0 Å². The molecule has 8 heteroatoms. The van der Waals surface area contributed by atoms with Gasteiger partial charge >= 0.3 is 11.9 Å². The number of aryl methyl sites for hydroxylation is 1. The van der Waals surface area contributed by atoms with Gasteiger partial charge in [-0.05, 0) is 36.8 Å². The van der Waals surface area contributed by atoms with Crippen molar-refractivity contribution in [2.45, 2.75) is 23.5 Å². The first-order chi connectivity index (χ1) is 12.8. The number of benzene rings is 2. The number of carboxylic acids is 2. The summed E-state index contributed by atoms with van der Waals surface area (Å²) in [6, 6.07) is 10.5. The van der Waals surface area contributed by atoms with Gasteiger partial charge in [0.1, 0.15) is 0 Å². The molecule has 0 radical (unpaired) electrons. The number of nitrogens with zero attached hydrogens (tertiary/aromatic N) is 1. The zero-order valence-corrected chi connectivity index (χ0v) is 15.0. The Bertz CT molecular complexity index is 970. The first-order valence-corrected chi connectivity index (χ1v) is 8.87. The molecule has 1 heterocycles. The summed E-state index contributed by atoms with van der Waals surface area (Å²) in [7, 11) is 0. The van der Waals surface area contributed by atoms with Crippen molar-refractivity contribution in [1.82, 2.24) is 0 Å². The smallest absolute Gasteiger partial charge is 0.336 e. The molecular formula is C19H15NO6S. The van der Waals surface area contributed by atoms with Crippen molar-refractivity contribution in [1.29, 1.82) is 0 Å². The van der Waals surface area contributed by atoms with Gasteiger partial charge in [-0.2, -0.15) is 0 Å². The quantitative estimate of drug-likeness (QED) is 0.761. The van der Waals surface area contributed by atoms with Crippen LogP contribution in [-0.4, -0.2) is 39.2 Å². The van der Waals surface area contributed by atoms with Crippen molar-refractivity contribution < 1.29 is 29.4 Å². The minimum Gasteiger partial charge on any atom is -0.478 e. The number of hydrogen-bond acceptors (Lipinski definition) is 5. The van der Waals surface area contributed by atoms with Crippen LogP contribution in [0, 0.1) is 6.92 Å². The normalized spacial score (nSPS) is 16.6. The maximum Gasteiger partial charge on any atom is 0.336 e. The molecule has 27 heavy (non-hydrogen) atoms. The summed E-state index contributed by atoms with van der Waals surface area (Å²) >= 11 is 1.02. The molecule has 1 fully saturated rings. The third-order valence-electron chi connectivity index (χ3n) is 4.19. The van der Waals surface area contributed by atoms with Crippen molar-refractivity contribution in [3.8, 4) is 0 Å². The number of carbonyl (C=O) groups is 4. The highest BCUT2D eigenvalue weighted by atomic mass is 32.2. The van der Waals surface area contributed by atoms with Crippen molar-refractivity contribution in [2.24, 2.45) is 0 Å². The summed E-state index contributed by atoms with van der Waals surface area (Å²) in [4.78, 5) is 49.2. The number of amides is 2. The van der Waals surface area contributed by atoms with E-state index in [0.29, 0.717) is 10.5 Å². The van der Waals surface area contributed by atoms with E-state index in [9.17, 15) is 24.3 Å². The first kappa shape index (κ1) is 18.7. The molecule has 2 aromatic carbocycles. The predicted octanol–water partition coefficient (Wildman–Crippen LogP) is 2.82. The third kappa shape index (κ3) is 3.56. The first-order valence-electron chi connectivity index (χ1n) is 7.99. The molecule has 0 aliphatic carbocycles. The molecule has 0 unspecified atom stereocenters. The average Bonchev–Trinajstić information content (AvgIpc) is 2.89. The maximum absolute atomic E-state index is 12.8. The van der Waals surface area contributed by atoms with Gasteiger partial charge in [0.25, 0.3) is 0 Å². The number of anilines is 1. The molecule has 2 amide bonds. The molecule has 0 spiro atoms. The molecule has 3 rings (SSSR count). The van der Waals surface area contributed by atoms with Crippen LogP contribution < -0.4 is 4.90 Å². The largest absolute Gasteiger partial charge is 0.478 e. The Balaban J connectivity index is 1.92. The van der Waals surface area contributed by atoms with Crippen LogP contribution in [0.5, 0.6) is 0 Å². The van der Waals surface area contributed by atoms with Gasteiger partial charge in [0, 0.05) is 11.3 Å². The SMILES string of the molecule is Cc1ccc(C(=O)O)cc1N1C(=O)C[C@H](Sc2ccccc2C(=O)O)C1=O. The van der Waals surface area contributed by atoms with Crippen LogP contribution in [0.15, 0.2) is 47.4 Å². The van der Waals surface area contributed by atoms with E-state index in [1.165, 1.54) is 18.2 Å². The van der Waals surface area contributed by atoms with E-state index in [-0.39, 0.29) is 23.2 Å². The molecule has 0 aromatic heterocycles. The third-order valence-corrected chi connectivity index (χ3v) is 5.45. The summed E-state index contributed by atoms with van der Waals surface area (Å²) in [5, 5.41) is 17.7. The van der Waals surface area contributed by atoms with Crippen LogP contribution in [0.3, 0.4) is 0 Å². The Labute approximate surface area is 158 Å². The van der Waals surface area contributed by atoms with Gasteiger partial charge in [-0.3, -0.25) is 9.59 Å². The Morgan fingerprint density at radius 2 is 1.78 bits per heavy atom. The second kappa shape index (κ2) is 7.24. The topological polar surface area (TPSA) is 112 Å². The molecule has 1 aliphatic heterocycles. The molecule has 0 saturated carbocycles. The van der Waals surface area contributed by atoms with Crippen LogP contribution in [0.25, 0.3) is 0 Å². The fraction of sp³-hybridized carbons (Fsp3) is 0.158. The van der Waals surface area contributed by atoms with Gasteiger partial charge in [0.15, 0.2) is 0 Å². The molecule has 2 N–H and O–H groups in total. The average molecular weight is 385 g/mol. The molecule has 2 aromatic rings. The van der Waals surface area contributed by atoms with E-state index in [1.807, 2.05) is 0 Å². The molecule has 138 valence electrons. The van der Waals surface area contributed by atoms with E-state index in [4.69, 9.17) is 5.11 Å². The summed E-state index contributed by atoms with van der Waals surface area (Å²) in [5.41, 5.74) is 0.867. The van der Waals surface area contributed by atoms with Gasteiger partial charge < -0.3 is 10.2 Å². The highest BCUT2D eigenvalue weighted by molar-refractivity contribution is 8.00. The molecule has 1 saturated heterocycles. The predicted molar refractivity (Wildman–Crippen MR) is 98.3 cm³/mol. The van der Waals surface area contributed by atoms with Crippen molar-refractivity contribution in [3.63, 3.8) is 0 Å². The molecule has 7 nitrogen and oxygen atoms in total. The van der Waals surface area contributed by atoms with Gasteiger partial charge in [-0.15, -0.1) is 11.8 Å². The molecular weight excluding hydrogens is 370 g/mol. The minimum atomic E-state index is -1.16. The van der Waals surface area contributed by atoms with Crippen LogP contribution in [-0.2, 0) is 9.59 Å². The van der Waals surface area contributed by atoms with E-state index in [2.05, 4.69) is 0 Å². The number of rotatable bonds is 5. The summed E-state index contributed by atoms with van der Waals surface area (Å²) in [6.45, 7) is 1.68. The Kier molecular flexibility index (Phi) is 5.00. The fourth-order valence-electron chi connectivity index (χ4n) is 2.83. The summed E-state index contributed by atoms with van der Waals surface area (Å²) in [6.07, 6.45) is -0.0891. The second-order valence-electron chi connectivity index (χ2n) is 5.99. The summed E-state index contributed by atoms with van der Waals surface area (Å²) < 4.78 is 0. The molecule has 1 atom stereocenters. The maximum atomic E-state index is 12.8. The van der Waals surface area contributed by atoms with Crippen molar-refractivity contribution in [2.75, 3.05) is 4.90 Å². The second-order valence-corrected chi connectivity index (χ2v) is 7.23. The minimum absolute atomic E-state index is 0.0245. The van der Waals surface area contributed by atoms with Crippen LogP contribution in [0.2, 0.25) is 0 Å². The lowest BCUT2D eigenvalue weighted by molar-refractivity contribution is -0.121. The number of carboxylic acid groups (broad SMARTS) is 2. The number of hydrogen-bond donors (Lipinski definition) is 2. The Morgan fingerprint density at radius 3 is 2.44 bits per heavy atom. The fourth-order valence-corrected chi connectivity index (χ4v) is 4.01. The van der Waals surface area contributed by atoms with Gasteiger partial charge in [0.2, 0.25) is 11.8 Å². The van der Waals surface area contributed by atoms with E-state index in [0.717, 1.165) is 16.7 Å². The van der Waals surface area contributed by atoms with E-state index in [1.54, 1.807) is 31.2 Å². The standard InChI is InChI=1S/C19H15NO6S/c1-10-6-7-11(18(23)24)8-13(10)20-16(21)9-15(17(20)22)27-14-5-3-2-4-12(14)19(25)26/h2-8,15H,9H2,1H3,(H,23,24)(H,25,26)/t15-/m0/s1. The van der Waals surface area contributed by atoms with Gasteiger partial charge in [-0.1, -0.05) is 18.2 Å². The zero-order chi connectivity index (χ0) is 19.7. The lowest BCUT2D eigenvalue weighted by Gasteiger charge is -2.18. The van der Waals surface area contributed by atoms with Crippen molar-refractivity contribution in [3.05, 3.63) is 59.2 Å². The number of carbonyl (C=O) groups excluding carboxylic acids is 2. The monoisotopic (exact) mass is 385 g/mol.